The van der Waals surface area contributed by atoms with Crippen LogP contribution in [0.1, 0.15) is 6.42 Å². The van der Waals surface area contributed by atoms with Crippen molar-refractivity contribution in [1.29, 1.82) is 0 Å². The lowest BCUT2D eigenvalue weighted by molar-refractivity contribution is -0.121. The highest BCUT2D eigenvalue weighted by Gasteiger charge is 2.20. The molecule has 0 aliphatic carbocycles. The van der Waals surface area contributed by atoms with Crippen molar-refractivity contribution in [1.82, 2.24) is 15.5 Å². The molecule has 0 radical (unpaired) electrons. The van der Waals surface area contributed by atoms with Crippen molar-refractivity contribution in [3.05, 3.63) is 0 Å². The first kappa shape index (κ1) is 14.7. The summed E-state index contributed by atoms with van der Waals surface area (Å²) in [5.74, 6) is -0.202. The van der Waals surface area contributed by atoms with E-state index < -0.39 is 0 Å². The second-order valence-corrected chi connectivity index (χ2v) is 4.21. The van der Waals surface area contributed by atoms with Gasteiger partial charge in [-0.2, -0.15) is 0 Å². The molecule has 1 aliphatic heterocycles. The average Bonchev–Trinajstić information content (AvgIpc) is 2.82. The molecule has 0 aromatic heterocycles. The predicted octanol–water partition coefficient (Wildman–Crippen LogP) is -0.821. The maximum absolute atomic E-state index is 11.7. The fraction of sp³-hybridized carbons (Fsp3) is 0.818. The Hall–Kier alpha value is -1.34. The summed E-state index contributed by atoms with van der Waals surface area (Å²) < 4.78 is 9.97. The molecule has 1 aliphatic rings. The van der Waals surface area contributed by atoms with Crippen molar-refractivity contribution < 1.29 is 19.1 Å². The fourth-order valence-electron chi connectivity index (χ4n) is 1.57. The van der Waals surface area contributed by atoms with Gasteiger partial charge in [0.1, 0.15) is 6.54 Å². The first-order valence-corrected chi connectivity index (χ1v) is 5.98. The van der Waals surface area contributed by atoms with Crippen LogP contribution in [0.2, 0.25) is 0 Å². The van der Waals surface area contributed by atoms with E-state index in [0.29, 0.717) is 26.4 Å². The Labute approximate surface area is 107 Å². The molecule has 1 unspecified atom stereocenters. The molecule has 0 bridgehead atoms. The first-order chi connectivity index (χ1) is 8.63. The standard InChI is InChI=1S/C11H21N3O4/c1-14(7-10(15)12-4-6-17-2)11(16)13-9-3-5-18-8-9/h9H,3-8H2,1-2H3,(H,12,15)(H,13,16). The molecule has 104 valence electrons. The van der Waals surface area contributed by atoms with Crippen molar-refractivity contribution >= 4 is 11.9 Å². The monoisotopic (exact) mass is 259 g/mol. The number of nitrogens with one attached hydrogen (secondary N) is 2. The van der Waals surface area contributed by atoms with Crippen LogP contribution < -0.4 is 10.6 Å². The molecule has 2 N–H and O–H groups in total. The highest BCUT2D eigenvalue weighted by atomic mass is 16.5. The Morgan fingerprint density at radius 2 is 2.28 bits per heavy atom. The van der Waals surface area contributed by atoms with Crippen LogP contribution in [-0.4, -0.2) is 69.9 Å². The smallest absolute Gasteiger partial charge is 0.317 e. The van der Waals surface area contributed by atoms with Gasteiger partial charge in [0.15, 0.2) is 0 Å². The van der Waals surface area contributed by atoms with Gasteiger partial charge in [0.2, 0.25) is 5.91 Å². The van der Waals surface area contributed by atoms with Crippen molar-refractivity contribution in [3.63, 3.8) is 0 Å². The van der Waals surface area contributed by atoms with Crippen LogP contribution in [0.25, 0.3) is 0 Å². The number of likely N-dealkylation sites (N-methyl/N-ethyl adjacent to an activating group) is 1. The SMILES string of the molecule is COCCNC(=O)CN(C)C(=O)NC1CCOC1. The highest BCUT2D eigenvalue weighted by molar-refractivity contribution is 5.83. The van der Waals surface area contributed by atoms with Gasteiger partial charge in [0, 0.05) is 27.3 Å². The van der Waals surface area contributed by atoms with Gasteiger partial charge in [0.25, 0.3) is 0 Å². The zero-order valence-electron chi connectivity index (χ0n) is 10.9. The molecule has 1 heterocycles. The third-order valence-electron chi connectivity index (χ3n) is 2.61. The summed E-state index contributed by atoms with van der Waals surface area (Å²) in [7, 11) is 3.15. The van der Waals surface area contributed by atoms with Gasteiger partial charge in [-0.3, -0.25) is 4.79 Å². The lowest BCUT2D eigenvalue weighted by Gasteiger charge is -2.19. The van der Waals surface area contributed by atoms with E-state index in [9.17, 15) is 9.59 Å². The number of carbonyl (C=O) groups is 2. The van der Waals surface area contributed by atoms with E-state index in [2.05, 4.69) is 10.6 Å². The van der Waals surface area contributed by atoms with Crippen molar-refractivity contribution in [2.24, 2.45) is 0 Å². The summed E-state index contributed by atoms with van der Waals surface area (Å²) in [6.07, 6.45) is 0.819. The summed E-state index contributed by atoms with van der Waals surface area (Å²) in [5, 5.41) is 5.46. The molecule has 1 fully saturated rings. The predicted molar refractivity (Wildman–Crippen MR) is 65.3 cm³/mol. The van der Waals surface area contributed by atoms with Gasteiger partial charge in [-0.25, -0.2) is 4.79 Å². The molecule has 0 aromatic rings. The number of urea groups is 1. The van der Waals surface area contributed by atoms with E-state index in [-0.39, 0.29) is 24.5 Å². The number of carbonyl (C=O) groups excluding carboxylic acids is 2. The van der Waals surface area contributed by atoms with E-state index in [1.807, 2.05) is 0 Å². The van der Waals surface area contributed by atoms with Crippen molar-refractivity contribution in [2.45, 2.75) is 12.5 Å². The molecule has 7 heteroatoms. The molecule has 1 atom stereocenters. The number of nitrogens with zero attached hydrogens (tertiary/aromatic N) is 1. The minimum Gasteiger partial charge on any atom is -0.383 e. The lowest BCUT2D eigenvalue weighted by Crippen LogP contribution is -2.47. The molecule has 0 saturated carbocycles. The van der Waals surface area contributed by atoms with Crippen LogP contribution in [0, 0.1) is 0 Å². The quantitative estimate of drug-likeness (QED) is 0.611. The number of hydrogen-bond donors (Lipinski definition) is 2. The zero-order valence-corrected chi connectivity index (χ0v) is 10.9. The third-order valence-corrected chi connectivity index (χ3v) is 2.61. The summed E-state index contributed by atoms with van der Waals surface area (Å²) in [6.45, 7) is 2.15. The zero-order chi connectivity index (χ0) is 13.4. The fourth-order valence-corrected chi connectivity index (χ4v) is 1.57. The van der Waals surface area contributed by atoms with E-state index in [1.165, 1.54) is 4.90 Å². The van der Waals surface area contributed by atoms with Gasteiger partial charge in [-0.1, -0.05) is 0 Å². The maximum Gasteiger partial charge on any atom is 0.317 e. The van der Waals surface area contributed by atoms with Crippen LogP contribution in [0.5, 0.6) is 0 Å². The van der Waals surface area contributed by atoms with E-state index in [0.717, 1.165) is 6.42 Å². The Bertz CT molecular complexity index is 279. The van der Waals surface area contributed by atoms with Crippen LogP contribution in [0.3, 0.4) is 0 Å². The van der Waals surface area contributed by atoms with Crippen LogP contribution in [0.15, 0.2) is 0 Å². The van der Waals surface area contributed by atoms with Crippen LogP contribution in [-0.2, 0) is 14.3 Å². The highest BCUT2D eigenvalue weighted by Crippen LogP contribution is 2.03. The molecule has 18 heavy (non-hydrogen) atoms. The van der Waals surface area contributed by atoms with Crippen LogP contribution in [0.4, 0.5) is 4.79 Å². The summed E-state index contributed by atoms with van der Waals surface area (Å²) >= 11 is 0. The number of ether oxygens (including phenoxy) is 2. The second kappa shape index (κ2) is 7.88. The van der Waals surface area contributed by atoms with E-state index >= 15 is 0 Å². The van der Waals surface area contributed by atoms with E-state index in [1.54, 1.807) is 14.2 Å². The Morgan fingerprint density at radius 1 is 1.50 bits per heavy atom. The molecule has 7 nitrogen and oxygen atoms in total. The minimum absolute atomic E-state index is 0.0309. The number of rotatable bonds is 6. The number of hydrogen-bond acceptors (Lipinski definition) is 4. The lowest BCUT2D eigenvalue weighted by atomic mass is 10.3. The van der Waals surface area contributed by atoms with Gasteiger partial charge in [0.05, 0.1) is 19.3 Å². The molecule has 0 aromatic carbocycles. The molecule has 1 rings (SSSR count). The topological polar surface area (TPSA) is 79.9 Å². The van der Waals surface area contributed by atoms with Crippen molar-refractivity contribution in [3.8, 4) is 0 Å². The first-order valence-electron chi connectivity index (χ1n) is 5.98. The number of methoxy groups -OCH3 is 1. The average molecular weight is 259 g/mol. The summed E-state index contributed by atoms with van der Waals surface area (Å²) in [5.41, 5.74) is 0. The molecular formula is C11H21N3O4. The normalized spacial score (nSPS) is 18.4. The third kappa shape index (κ3) is 5.33. The molecule has 1 saturated heterocycles. The van der Waals surface area contributed by atoms with Gasteiger partial charge in [-0.05, 0) is 6.42 Å². The largest absolute Gasteiger partial charge is 0.383 e. The van der Waals surface area contributed by atoms with Crippen molar-refractivity contribution in [2.75, 3.05) is 47.1 Å². The second-order valence-electron chi connectivity index (χ2n) is 4.21. The molecule has 3 amide bonds. The minimum atomic E-state index is -0.257. The Kier molecular flexibility index (Phi) is 6.45. The van der Waals surface area contributed by atoms with Crippen LogP contribution >= 0.6 is 0 Å². The molecular weight excluding hydrogens is 238 g/mol. The van der Waals surface area contributed by atoms with Gasteiger partial charge in [-0.15, -0.1) is 0 Å². The maximum atomic E-state index is 11.7. The van der Waals surface area contributed by atoms with E-state index in [4.69, 9.17) is 9.47 Å². The van der Waals surface area contributed by atoms with Gasteiger partial charge < -0.3 is 25.0 Å². The Balaban J connectivity index is 2.19. The number of amides is 3. The summed E-state index contributed by atoms with van der Waals surface area (Å²) in [4.78, 5) is 24.5. The Morgan fingerprint density at radius 3 is 2.89 bits per heavy atom. The summed E-state index contributed by atoms with van der Waals surface area (Å²) in [6, 6.07) is -0.205. The molecule has 0 spiro atoms. The van der Waals surface area contributed by atoms with Gasteiger partial charge >= 0.3 is 6.03 Å².